The van der Waals surface area contributed by atoms with Crippen LogP contribution in [0.1, 0.15) is 25.3 Å². The maximum atomic E-state index is 11.8. The van der Waals surface area contributed by atoms with Crippen LogP contribution < -0.4 is 15.5 Å². The van der Waals surface area contributed by atoms with Crippen LogP contribution in [-0.2, 0) is 11.3 Å². The van der Waals surface area contributed by atoms with Crippen molar-refractivity contribution in [3.8, 4) is 0 Å². The molecule has 1 aromatic heterocycles. The van der Waals surface area contributed by atoms with Gasteiger partial charge in [-0.2, -0.15) is 0 Å². The third-order valence-corrected chi connectivity index (χ3v) is 4.14. The number of amides is 1. The van der Waals surface area contributed by atoms with E-state index in [0.29, 0.717) is 13.0 Å². The van der Waals surface area contributed by atoms with Crippen molar-refractivity contribution < 1.29 is 4.79 Å². The average Bonchev–Trinajstić information content (AvgIpc) is 3.06. The fraction of sp³-hybridized carbons (Fsp3) is 0.588. The molecule has 0 aliphatic carbocycles. The first-order valence-corrected chi connectivity index (χ1v) is 8.40. The molecule has 0 saturated carbocycles. The molecule has 24 heavy (non-hydrogen) atoms. The van der Waals surface area contributed by atoms with Gasteiger partial charge < -0.3 is 20.4 Å². The highest BCUT2D eigenvalue weighted by Gasteiger charge is 2.25. The SMILES string of the molecule is CCC(=O)N1CCC(NC(=NC)NCc2ccnc(N(C)C)c2)C1. The average molecular weight is 332 g/mol. The second-order valence-corrected chi connectivity index (χ2v) is 6.17. The molecule has 1 unspecified atom stereocenters. The smallest absolute Gasteiger partial charge is 0.222 e. The van der Waals surface area contributed by atoms with Gasteiger partial charge in [-0.1, -0.05) is 6.92 Å². The van der Waals surface area contributed by atoms with Gasteiger partial charge in [0.1, 0.15) is 5.82 Å². The first kappa shape index (κ1) is 18.0. The van der Waals surface area contributed by atoms with Crippen molar-refractivity contribution in [2.45, 2.75) is 32.4 Å². The van der Waals surface area contributed by atoms with Gasteiger partial charge in [-0.05, 0) is 24.1 Å². The highest BCUT2D eigenvalue weighted by Crippen LogP contribution is 2.11. The van der Waals surface area contributed by atoms with Crippen molar-refractivity contribution in [1.29, 1.82) is 0 Å². The number of guanidine groups is 1. The predicted molar refractivity (Wildman–Crippen MR) is 97.2 cm³/mol. The molecule has 1 aromatic rings. The predicted octanol–water partition coefficient (Wildman–Crippen LogP) is 0.824. The van der Waals surface area contributed by atoms with Crippen LogP contribution in [0.2, 0.25) is 0 Å². The number of likely N-dealkylation sites (tertiary alicyclic amines) is 1. The van der Waals surface area contributed by atoms with Crippen molar-refractivity contribution in [2.75, 3.05) is 39.1 Å². The summed E-state index contributed by atoms with van der Waals surface area (Å²) < 4.78 is 0. The van der Waals surface area contributed by atoms with E-state index in [0.717, 1.165) is 36.9 Å². The van der Waals surface area contributed by atoms with Gasteiger partial charge in [-0.3, -0.25) is 9.79 Å². The quantitative estimate of drug-likeness (QED) is 0.617. The summed E-state index contributed by atoms with van der Waals surface area (Å²) in [5.41, 5.74) is 1.14. The molecular formula is C17H28N6O. The molecule has 1 fully saturated rings. The van der Waals surface area contributed by atoms with E-state index in [1.807, 2.05) is 43.1 Å². The number of aromatic nitrogens is 1. The molecule has 1 saturated heterocycles. The van der Waals surface area contributed by atoms with Crippen LogP contribution in [-0.4, -0.2) is 62.0 Å². The van der Waals surface area contributed by atoms with Gasteiger partial charge in [0.15, 0.2) is 5.96 Å². The van der Waals surface area contributed by atoms with Gasteiger partial charge in [0.25, 0.3) is 0 Å². The van der Waals surface area contributed by atoms with E-state index in [-0.39, 0.29) is 11.9 Å². The molecule has 2 rings (SSSR count). The summed E-state index contributed by atoms with van der Waals surface area (Å²) >= 11 is 0. The fourth-order valence-corrected chi connectivity index (χ4v) is 2.72. The summed E-state index contributed by atoms with van der Waals surface area (Å²) in [7, 11) is 5.71. The van der Waals surface area contributed by atoms with E-state index < -0.39 is 0 Å². The minimum Gasteiger partial charge on any atom is -0.363 e. The van der Waals surface area contributed by atoms with Crippen LogP contribution >= 0.6 is 0 Å². The maximum absolute atomic E-state index is 11.8. The molecule has 7 nitrogen and oxygen atoms in total. The first-order valence-electron chi connectivity index (χ1n) is 8.40. The molecule has 1 atom stereocenters. The highest BCUT2D eigenvalue weighted by molar-refractivity contribution is 5.80. The minimum absolute atomic E-state index is 0.218. The summed E-state index contributed by atoms with van der Waals surface area (Å²) in [4.78, 5) is 24.2. The van der Waals surface area contributed by atoms with E-state index in [4.69, 9.17) is 0 Å². The summed E-state index contributed by atoms with van der Waals surface area (Å²) in [5.74, 6) is 1.91. The van der Waals surface area contributed by atoms with Crippen LogP contribution in [0.15, 0.2) is 23.3 Å². The molecule has 1 aliphatic rings. The van der Waals surface area contributed by atoms with Gasteiger partial charge in [-0.25, -0.2) is 4.98 Å². The van der Waals surface area contributed by atoms with Gasteiger partial charge in [0.05, 0.1) is 0 Å². The van der Waals surface area contributed by atoms with Crippen molar-refractivity contribution in [1.82, 2.24) is 20.5 Å². The number of rotatable bonds is 5. The van der Waals surface area contributed by atoms with E-state index in [1.54, 1.807) is 7.05 Å². The van der Waals surface area contributed by atoms with Gasteiger partial charge in [0, 0.05) is 59.4 Å². The van der Waals surface area contributed by atoms with Crippen LogP contribution in [0.4, 0.5) is 5.82 Å². The van der Waals surface area contributed by atoms with Gasteiger partial charge in [-0.15, -0.1) is 0 Å². The Labute approximate surface area is 144 Å². The highest BCUT2D eigenvalue weighted by atomic mass is 16.2. The number of carbonyl (C=O) groups is 1. The Morgan fingerprint density at radius 3 is 2.96 bits per heavy atom. The molecule has 0 aromatic carbocycles. The minimum atomic E-state index is 0.218. The summed E-state index contributed by atoms with van der Waals surface area (Å²) in [6, 6.07) is 4.30. The largest absolute Gasteiger partial charge is 0.363 e. The van der Waals surface area contributed by atoms with Crippen molar-refractivity contribution >= 4 is 17.7 Å². The Balaban J connectivity index is 1.85. The number of hydrogen-bond donors (Lipinski definition) is 2. The van der Waals surface area contributed by atoms with E-state index in [2.05, 4.69) is 26.7 Å². The topological polar surface area (TPSA) is 72.9 Å². The van der Waals surface area contributed by atoms with Crippen molar-refractivity contribution in [3.05, 3.63) is 23.9 Å². The molecule has 0 radical (unpaired) electrons. The Hall–Kier alpha value is -2.31. The van der Waals surface area contributed by atoms with E-state index >= 15 is 0 Å². The lowest BCUT2D eigenvalue weighted by Crippen LogP contribution is -2.44. The molecule has 132 valence electrons. The third-order valence-electron chi connectivity index (χ3n) is 4.14. The summed E-state index contributed by atoms with van der Waals surface area (Å²) in [6.45, 7) is 4.14. The number of hydrogen-bond acceptors (Lipinski definition) is 4. The second kappa shape index (κ2) is 8.52. The maximum Gasteiger partial charge on any atom is 0.222 e. The molecule has 1 amide bonds. The van der Waals surface area contributed by atoms with Crippen molar-refractivity contribution in [2.24, 2.45) is 4.99 Å². The zero-order chi connectivity index (χ0) is 17.5. The number of nitrogens with one attached hydrogen (secondary N) is 2. The van der Waals surface area contributed by atoms with Crippen molar-refractivity contribution in [3.63, 3.8) is 0 Å². The molecule has 2 heterocycles. The number of nitrogens with zero attached hydrogens (tertiary/aromatic N) is 4. The van der Waals surface area contributed by atoms with Crippen LogP contribution in [0.5, 0.6) is 0 Å². The van der Waals surface area contributed by atoms with Crippen LogP contribution in [0, 0.1) is 0 Å². The summed E-state index contributed by atoms with van der Waals surface area (Å²) in [5, 5.41) is 6.73. The van der Waals surface area contributed by atoms with Gasteiger partial charge in [0.2, 0.25) is 5.91 Å². The number of pyridine rings is 1. The first-order chi connectivity index (χ1) is 11.5. The lowest BCUT2D eigenvalue weighted by molar-refractivity contribution is -0.129. The second-order valence-electron chi connectivity index (χ2n) is 6.17. The normalized spacial score (nSPS) is 17.8. The Morgan fingerprint density at radius 1 is 1.50 bits per heavy atom. The fourth-order valence-electron chi connectivity index (χ4n) is 2.72. The Kier molecular flexibility index (Phi) is 6.40. The lowest BCUT2D eigenvalue weighted by Gasteiger charge is -2.19. The third kappa shape index (κ3) is 4.84. The zero-order valence-electron chi connectivity index (χ0n) is 15.0. The monoisotopic (exact) mass is 332 g/mol. The standard InChI is InChI=1S/C17H28N6O/c1-5-16(24)23-9-7-14(12-23)21-17(18-2)20-11-13-6-8-19-15(10-13)22(3)4/h6,8,10,14H,5,7,9,11-12H2,1-4H3,(H2,18,20,21). The zero-order valence-corrected chi connectivity index (χ0v) is 15.0. The lowest BCUT2D eigenvalue weighted by atomic mass is 10.2. The number of aliphatic imine (C=N–C) groups is 1. The van der Waals surface area contributed by atoms with Gasteiger partial charge >= 0.3 is 0 Å². The number of anilines is 1. The molecule has 0 spiro atoms. The molecule has 7 heteroatoms. The Bertz CT molecular complexity index is 586. The molecular weight excluding hydrogens is 304 g/mol. The molecule has 2 N–H and O–H groups in total. The molecule has 0 bridgehead atoms. The van der Waals surface area contributed by atoms with Crippen LogP contribution in [0.25, 0.3) is 0 Å². The Morgan fingerprint density at radius 2 is 2.29 bits per heavy atom. The van der Waals surface area contributed by atoms with E-state index in [1.165, 1.54) is 0 Å². The van der Waals surface area contributed by atoms with E-state index in [9.17, 15) is 4.79 Å². The molecule has 1 aliphatic heterocycles. The number of carbonyl (C=O) groups excluding carboxylic acids is 1. The summed E-state index contributed by atoms with van der Waals surface area (Å²) in [6.07, 6.45) is 3.33. The van der Waals surface area contributed by atoms with Crippen LogP contribution in [0.3, 0.4) is 0 Å².